The van der Waals surface area contributed by atoms with Gasteiger partial charge in [-0.3, -0.25) is 4.68 Å². The van der Waals surface area contributed by atoms with Crippen molar-refractivity contribution in [3.63, 3.8) is 0 Å². The van der Waals surface area contributed by atoms with Gasteiger partial charge in [-0.1, -0.05) is 0 Å². The number of aryl methyl sites for hydroxylation is 1. The van der Waals surface area contributed by atoms with Gasteiger partial charge in [0.1, 0.15) is 18.1 Å². The second-order valence-corrected chi connectivity index (χ2v) is 6.02. The average Bonchev–Trinajstić information content (AvgIpc) is 3.28. The molecule has 130 valence electrons. The summed E-state index contributed by atoms with van der Waals surface area (Å²) in [7, 11) is 3.54. The normalized spacial score (nSPS) is 17.4. The zero-order valence-electron chi connectivity index (χ0n) is 14.2. The standard InChI is InChI=1S/C17H24N4O3/c1-20-13(8-10-19-20)7-9-18-17(22)21-11-3-4-15(21)16-6-5-14(24-16)12-23-2/h5-6,8,10,15H,3-4,7,9,11-12H2,1-2H3,(H,18,22)/t15-/m0/s1. The largest absolute Gasteiger partial charge is 0.461 e. The molecule has 0 unspecified atom stereocenters. The molecule has 7 heteroatoms. The number of amides is 2. The van der Waals surface area contributed by atoms with E-state index in [9.17, 15) is 4.79 Å². The van der Waals surface area contributed by atoms with Crippen LogP contribution in [0.3, 0.4) is 0 Å². The predicted octanol–water partition coefficient (Wildman–Crippen LogP) is 2.25. The molecule has 3 rings (SSSR count). The number of carbonyl (C=O) groups is 1. The van der Waals surface area contributed by atoms with Crippen LogP contribution in [0.1, 0.15) is 36.1 Å². The van der Waals surface area contributed by atoms with Gasteiger partial charge >= 0.3 is 6.03 Å². The van der Waals surface area contributed by atoms with Gasteiger partial charge in [-0.2, -0.15) is 5.10 Å². The molecule has 24 heavy (non-hydrogen) atoms. The highest BCUT2D eigenvalue weighted by atomic mass is 16.5. The molecule has 1 aliphatic heterocycles. The summed E-state index contributed by atoms with van der Waals surface area (Å²) in [6, 6.07) is 5.79. The molecule has 2 amide bonds. The molecule has 1 N–H and O–H groups in total. The van der Waals surface area contributed by atoms with E-state index >= 15 is 0 Å². The highest BCUT2D eigenvalue weighted by Gasteiger charge is 2.32. The van der Waals surface area contributed by atoms with Crippen molar-refractivity contribution in [1.82, 2.24) is 20.0 Å². The van der Waals surface area contributed by atoms with Gasteiger partial charge in [0.15, 0.2) is 0 Å². The highest BCUT2D eigenvalue weighted by Crippen LogP contribution is 2.33. The fraction of sp³-hybridized carbons (Fsp3) is 0.529. The summed E-state index contributed by atoms with van der Waals surface area (Å²) in [6.07, 6.45) is 4.44. The maximum absolute atomic E-state index is 12.5. The second-order valence-electron chi connectivity index (χ2n) is 6.02. The lowest BCUT2D eigenvalue weighted by molar-refractivity contribution is 0.156. The van der Waals surface area contributed by atoms with Gasteiger partial charge < -0.3 is 19.4 Å². The van der Waals surface area contributed by atoms with Gasteiger partial charge in [0, 0.05) is 45.6 Å². The van der Waals surface area contributed by atoms with Gasteiger partial charge in [0.25, 0.3) is 0 Å². The summed E-state index contributed by atoms with van der Waals surface area (Å²) in [4.78, 5) is 14.4. The fourth-order valence-electron chi connectivity index (χ4n) is 3.14. The minimum absolute atomic E-state index is 0.00677. The van der Waals surface area contributed by atoms with Gasteiger partial charge in [0.2, 0.25) is 0 Å². The van der Waals surface area contributed by atoms with E-state index < -0.39 is 0 Å². The summed E-state index contributed by atoms with van der Waals surface area (Å²) in [5.41, 5.74) is 1.10. The van der Waals surface area contributed by atoms with Gasteiger partial charge in [-0.05, 0) is 31.0 Å². The van der Waals surface area contributed by atoms with Crippen molar-refractivity contribution in [2.24, 2.45) is 7.05 Å². The molecule has 0 bridgehead atoms. The maximum atomic E-state index is 12.5. The van der Waals surface area contributed by atoms with Crippen LogP contribution >= 0.6 is 0 Å². The molecule has 0 saturated carbocycles. The first-order valence-corrected chi connectivity index (χ1v) is 8.28. The van der Waals surface area contributed by atoms with Crippen LogP contribution < -0.4 is 5.32 Å². The van der Waals surface area contributed by atoms with E-state index in [2.05, 4.69) is 10.4 Å². The lowest BCUT2D eigenvalue weighted by atomic mass is 10.2. The Morgan fingerprint density at radius 1 is 1.46 bits per heavy atom. The number of aromatic nitrogens is 2. The minimum Gasteiger partial charge on any atom is -0.461 e. The molecule has 3 heterocycles. The third-order valence-electron chi connectivity index (χ3n) is 4.39. The SMILES string of the molecule is COCc1ccc([C@@H]2CCCN2C(=O)NCCc2ccnn2C)o1. The van der Waals surface area contributed by atoms with Crippen LogP contribution in [0, 0.1) is 0 Å². The summed E-state index contributed by atoms with van der Waals surface area (Å²) >= 11 is 0. The number of ether oxygens (including phenoxy) is 1. The van der Waals surface area contributed by atoms with Crippen LogP contribution in [0.2, 0.25) is 0 Å². The molecule has 2 aromatic rings. The second kappa shape index (κ2) is 7.53. The Bertz CT molecular complexity index is 679. The van der Waals surface area contributed by atoms with Crippen LogP contribution in [-0.2, 0) is 24.8 Å². The number of carbonyl (C=O) groups excluding carboxylic acids is 1. The fourth-order valence-corrected chi connectivity index (χ4v) is 3.14. The van der Waals surface area contributed by atoms with Crippen molar-refractivity contribution in [3.8, 4) is 0 Å². The molecule has 2 aromatic heterocycles. The Hall–Kier alpha value is -2.28. The van der Waals surface area contributed by atoms with E-state index in [-0.39, 0.29) is 12.1 Å². The number of rotatable bonds is 6. The number of nitrogens with one attached hydrogen (secondary N) is 1. The smallest absolute Gasteiger partial charge is 0.318 e. The number of likely N-dealkylation sites (tertiary alicyclic amines) is 1. The van der Waals surface area contributed by atoms with E-state index in [0.717, 1.165) is 43.0 Å². The van der Waals surface area contributed by atoms with Crippen LogP contribution in [0.5, 0.6) is 0 Å². The van der Waals surface area contributed by atoms with Crippen molar-refractivity contribution in [3.05, 3.63) is 41.6 Å². The van der Waals surface area contributed by atoms with Crippen molar-refractivity contribution in [1.29, 1.82) is 0 Å². The number of nitrogens with zero attached hydrogens (tertiary/aromatic N) is 3. The van der Waals surface area contributed by atoms with Crippen LogP contribution in [0.4, 0.5) is 4.79 Å². The molecule has 1 fully saturated rings. The van der Waals surface area contributed by atoms with E-state index in [1.807, 2.05) is 34.8 Å². The lowest BCUT2D eigenvalue weighted by Crippen LogP contribution is -2.40. The summed E-state index contributed by atoms with van der Waals surface area (Å²) in [6.45, 7) is 1.79. The van der Waals surface area contributed by atoms with Crippen LogP contribution in [-0.4, -0.2) is 40.9 Å². The zero-order chi connectivity index (χ0) is 16.9. The third-order valence-corrected chi connectivity index (χ3v) is 4.39. The number of urea groups is 1. The van der Waals surface area contributed by atoms with Crippen molar-refractivity contribution in [2.75, 3.05) is 20.2 Å². The van der Waals surface area contributed by atoms with Crippen molar-refractivity contribution in [2.45, 2.75) is 31.9 Å². The topological polar surface area (TPSA) is 72.5 Å². The quantitative estimate of drug-likeness (QED) is 0.880. The molecule has 0 spiro atoms. The zero-order valence-corrected chi connectivity index (χ0v) is 14.2. The average molecular weight is 332 g/mol. The van der Waals surface area contributed by atoms with Crippen molar-refractivity contribution < 1.29 is 13.9 Å². The Labute approximate surface area is 141 Å². The number of hydrogen-bond donors (Lipinski definition) is 1. The number of hydrogen-bond acceptors (Lipinski definition) is 4. The van der Waals surface area contributed by atoms with E-state index in [1.54, 1.807) is 13.3 Å². The van der Waals surface area contributed by atoms with Crippen LogP contribution in [0.15, 0.2) is 28.8 Å². The minimum atomic E-state index is -0.0376. The lowest BCUT2D eigenvalue weighted by Gasteiger charge is -2.23. The first-order chi connectivity index (χ1) is 11.7. The summed E-state index contributed by atoms with van der Waals surface area (Å²) in [5.74, 6) is 1.62. The van der Waals surface area contributed by atoms with E-state index in [1.165, 1.54) is 0 Å². The third kappa shape index (κ3) is 3.62. The Kier molecular flexibility index (Phi) is 5.20. The number of furan rings is 1. The molecular formula is C17H24N4O3. The van der Waals surface area contributed by atoms with Crippen molar-refractivity contribution >= 4 is 6.03 Å². The van der Waals surface area contributed by atoms with E-state index in [0.29, 0.717) is 13.2 Å². The molecule has 0 radical (unpaired) electrons. The van der Waals surface area contributed by atoms with Crippen LogP contribution in [0.25, 0.3) is 0 Å². The molecule has 1 atom stereocenters. The molecule has 0 aromatic carbocycles. The summed E-state index contributed by atoms with van der Waals surface area (Å²) in [5, 5.41) is 7.13. The first-order valence-electron chi connectivity index (χ1n) is 8.28. The number of methoxy groups -OCH3 is 1. The van der Waals surface area contributed by atoms with E-state index in [4.69, 9.17) is 9.15 Å². The molecule has 1 saturated heterocycles. The Balaban J connectivity index is 1.55. The predicted molar refractivity (Wildman–Crippen MR) is 88.4 cm³/mol. The molecule has 7 nitrogen and oxygen atoms in total. The maximum Gasteiger partial charge on any atom is 0.318 e. The van der Waals surface area contributed by atoms with Gasteiger partial charge in [-0.15, -0.1) is 0 Å². The molecule has 1 aliphatic rings. The highest BCUT2D eigenvalue weighted by molar-refractivity contribution is 5.75. The van der Waals surface area contributed by atoms with Gasteiger partial charge in [0.05, 0.1) is 6.04 Å². The van der Waals surface area contributed by atoms with Gasteiger partial charge in [-0.25, -0.2) is 4.79 Å². The monoisotopic (exact) mass is 332 g/mol. The molecule has 0 aliphatic carbocycles. The molecular weight excluding hydrogens is 308 g/mol. The Morgan fingerprint density at radius 3 is 3.08 bits per heavy atom. The Morgan fingerprint density at radius 2 is 2.33 bits per heavy atom. The summed E-state index contributed by atoms with van der Waals surface area (Å²) < 4.78 is 12.7. The first kappa shape index (κ1) is 16.6.